The van der Waals surface area contributed by atoms with Crippen molar-refractivity contribution >= 4 is 27.9 Å². The molecule has 0 aromatic heterocycles. The van der Waals surface area contributed by atoms with Crippen LogP contribution in [-0.4, -0.2) is 5.91 Å². The number of rotatable bonds is 4. The molecule has 116 valence electrons. The number of hydrogen-bond donors (Lipinski definition) is 1. The summed E-state index contributed by atoms with van der Waals surface area (Å²) in [4.78, 5) is 12.2. The Hall–Kier alpha value is -2.45. The van der Waals surface area contributed by atoms with Gasteiger partial charge in [-0.1, -0.05) is 46.3 Å². The van der Waals surface area contributed by atoms with Crippen molar-refractivity contribution in [2.45, 2.75) is 13.0 Å². The van der Waals surface area contributed by atoms with E-state index in [9.17, 15) is 14.4 Å². The second-order valence-corrected chi connectivity index (χ2v) is 5.86. The second kappa shape index (κ2) is 7.70. The van der Waals surface area contributed by atoms with E-state index < -0.39 is 11.7 Å². The van der Waals surface area contributed by atoms with E-state index in [1.807, 2.05) is 43.3 Å². The summed E-state index contributed by atoms with van der Waals surface area (Å²) < 4.78 is 14.4. The van der Waals surface area contributed by atoms with E-state index in [0.717, 1.165) is 5.56 Å². The molecule has 2 rings (SSSR count). The smallest absolute Gasteiger partial charge is 0.262 e. The van der Waals surface area contributed by atoms with Crippen molar-refractivity contribution in [3.8, 4) is 6.07 Å². The number of benzene rings is 2. The first-order valence-electron chi connectivity index (χ1n) is 6.94. The lowest BCUT2D eigenvalue weighted by molar-refractivity contribution is -0.117. The summed E-state index contributed by atoms with van der Waals surface area (Å²) in [7, 11) is 0. The summed E-state index contributed by atoms with van der Waals surface area (Å²) in [5.74, 6) is -1.03. The Kier molecular flexibility index (Phi) is 5.67. The topological polar surface area (TPSA) is 52.9 Å². The van der Waals surface area contributed by atoms with Gasteiger partial charge in [0.05, 0.1) is 6.04 Å². The third kappa shape index (κ3) is 4.51. The Morgan fingerprint density at radius 1 is 1.30 bits per heavy atom. The summed E-state index contributed by atoms with van der Waals surface area (Å²) in [5.41, 5.74) is 0.954. The fourth-order valence-electron chi connectivity index (χ4n) is 2.03. The van der Waals surface area contributed by atoms with E-state index in [2.05, 4.69) is 21.2 Å². The van der Waals surface area contributed by atoms with E-state index >= 15 is 0 Å². The van der Waals surface area contributed by atoms with E-state index in [1.54, 1.807) is 6.07 Å². The molecular formula is C18H14BrFN2O. The van der Waals surface area contributed by atoms with Crippen LogP contribution < -0.4 is 5.32 Å². The fraction of sp³-hybridized carbons (Fsp3) is 0.111. The third-order valence-corrected chi connectivity index (χ3v) is 3.76. The largest absolute Gasteiger partial charge is 0.345 e. The average molecular weight is 373 g/mol. The summed E-state index contributed by atoms with van der Waals surface area (Å²) in [6.07, 6.45) is 1.24. The lowest BCUT2D eigenvalue weighted by Crippen LogP contribution is -2.27. The minimum Gasteiger partial charge on any atom is -0.345 e. The van der Waals surface area contributed by atoms with Gasteiger partial charge in [0.1, 0.15) is 17.5 Å². The molecule has 1 amide bonds. The third-order valence-electron chi connectivity index (χ3n) is 3.27. The maximum Gasteiger partial charge on any atom is 0.262 e. The Morgan fingerprint density at radius 2 is 2.00 bits per heavy atom. The summed E-state index contributed by atoms with van der Waals surface area (Å²) >= 11 is 3.24. The lowest BCUT2D eigenvalue weighted by Gasteiger charge is -2.13. The summed E-state index contributed by atoms with van der Waals surface area (Å²) in [5, 5.41) is 11.9. The van der Waals surface area contributed by atoms with Crippen LogP contribution in [0.15, 0.2) is 58.6 Å². The molecule has 0 aliphatic heterocycles. The van der Waals surface area contributed by atoms with E-state index in [4.69, 9.17) is 0 Å². The molecule has 0 saturated heterocycles. The van der Waals surface area contributed by atoms with Crippen LogP contribution in [0.5, 0.6) is 0 Å². The molecule has 1 N–H and O–H groups in total. The van der Waals surface area contributed by atoms with Crippen molar-refractivity contribution in [1.29, 1.82) is 5.26 Å². The molecule has 0 aliphatic carbocycles. The molecule has 1 atom stereocenters. The fourth-order valence-corrected chi connectivity index (χ4v) is 2.41. The van der Waals surface area contributed by atoms with Crippen molar-refractivity contribution < 1.29 is 9.18 Å². The predicted molar refractivity (Wildman–Crippen MR) is 90.7 cm³/mol. The van der Waals surface area contributed by atoms with E-state index in [0.29, 0.717) is 4.47 Å². The zero-order valence-corrected chi connectivity index (χ0v) is 14.0. The van der Waals surface area contributed by atoms with Gasteiger partial charge in [-0.2, -0.15) is 5.26 Å². The van der Waals surface area contributed by atoms with Gasteiger partial charge in [0.25, 0.3) is 5.91 Å². The molecular weight excluding hydrogens is 359 g/mol. The molecule has 3 nitrogen and oxygen atoms in total. The van der Waals surface area contributed by atoms with Crippen molar-refractivity contribution in [2.24, 2.45) is 0 Å². The van der Waals surface area contributed by atoms with Crippen LogP contribution in [0.25, 0.3) is 6.08 Å². The van der Waals surface area contributed by atoms with Crippen molar-refractivity contribution in [3.63, 3.8) is 0 Å². The maximum absolute atomic E-state index is 13.8. The number of nitrogens with one attached hydrogen (secondary N) is 1. The number of carbonyl (C=O) groups is 1. The highest BCUT2D eigenvalue weighted by molar-refractivity contribution is 9.10. The SMILES string of the molecule is CC(NC(=O)/C(C#N)=C/c1cc(Br)ccc1F)c1ccccc1. The van der Waals surface area contributed by atoms with Crippen molar-refractivity contribution in [1.82, 2.24) is 5.32 Å². The molecule has 2 aromatic rings. The molecule has 0 aliphatic rings. The molecule has 0 fully saturated rings. The van der Waals surface area contributed by atoms with E-state index in [1.165, 1.54) is 18.2 Å². The van der Waals surface area contributed by atoms with Gasteiger partial charge in [-0.3, -0.25) is 4.79 Å². The zero-order valence-electron chi connectivity index (χ0n) is 12.4. The van der Waals surface area contributed by atoms with Crippen molar-refractivity contribution in [2.75, 3.05) is 0 Å². The predicted octanol–water partition coefficient (Wildman–Crippen LogP) is 4.37. The minimum atomic E-state index is -0.539. The van der Waals surface area contributed by atoms with Crippen LogP contribution in [0.4, 0.5) is 4.39 Å². The van der Waals surface area contributed by atoms with Gasteiger partial charge in [-0.25, -0.2) is 4.39 Å². The van der Waals surface area contributed by atoms with Gasteiger partial charge in [0, 0.05) is 10.0 Å². The van der Waals surface area contributed by atoms with Gasteiger partial charge in [-0.05, 0) is 36.8 Å². The Labute approximate surface area is 142 Å². The average Bonchev–Trinajstić information content (AvgIpc) is 2.56. The first kappa shape index (κ1) is 16.9. The highest BCUT2D eigenvalue weighted by Gasteiger charge is 2.14. The number of halogens is 2. The van der Waals surface area contributed by atoms with Gasteiger partial charge in [0.15, 0.2) is 0 Å². The number of nitriles is 1. The molecule has 0 heterocycles. The lowest BCUT2D eigenvalue weighted by atomic mass is 10.1. The maximum atomic E-state index is 13.8. The first-order chi connectivity index (χ1) is 11.0. The van der Waals surface area contributed by atoms with Crippen LogP contribution in [0.2, 0.25) is 0 Å². The zero-order chi connectivity index (χ0) is 16.8. The molecule has 23 heavy (non-hydrogen) atoms. The standard InChI is InChI=1S/C18H14BrFN2O/c1-12(13-5-3-2-4-6-13)22-18(23)15(11-21)9-14-10-16(19)7-8-17(14)20/h2-10,12H,1H3,(H,22,23)/b15-9+. The normalized spacial score (nSPS) is 12.3. The minimum absolute atomic E-state index is 0.148. The number of amides is 1. The highest BCUT2D eigenvalue weighted by atomic mass is 79.9. The Balaban J connectivity index is 2.20. The van der Waals surface area contributed by atoms with Crippen molar-refractivity contribution in [3.05, 3.63) is 75.5 Å². The first-order valence-corrected chi connectivity index (χ1v) is 7.73. The molecule has 5 heteroatoms. The van der Waals surface area contributed by atoms with E-state index in [-0.39, 0.29) is 17.2 Å². The summed E-state index contributed by atoms with van der Waals surface area (Å²) in [6.45, 7) is 1.82. The monoisotopic (exact) mass is 372 g/mol. The number of hydrogen-bond acceptors (Lipinski definition) is 2. The Bertz CT molecular complexity index is 781. The molecule has 0 saturated carbocycles. The number of nitrogens with zero attached hydrogens (tertiary/aromatic N) is 1. The van der Waals surface area contributed by atoms with Gasteiger partial charge < -0.3 is 5.32 Å². The molecule has 0 radical (unpaired) electrons. The quantitative estimate of drug-likeness (QED) is 0.639. The molecule has 2 aromatic carbocycles. The molecule has 0 spiro atoms. The van der Waals surface area contributed by atoms with Crippen LogP contribution in [0.1, 0.15) is 24.1 Å². The van der Waals surface area contributed by atoms with Crippen LogP contribution in [-0.2, 0) is 4.79 Å². The van der Waals surface area contributed by atoms with Gasteiger partial charge in [-0.15, -0.1) is 0 Å². The second-order valence-electron chi connectivity index (χ2n) is 4.94. The number of carbonyl (C=O) groups excluding carboxylic acids is 1. The Morgan fingerprint density at radius 3 is 2.65 bits per heavy atom. The highest BCUT2D eigenvalue weighted by Crippen LogP contribution is 2.19. The molecule has 1 unspecified atom stereocenters. The van der Waals surface area contributed by atoms with Crippen LogP contribution in [0.3, 0.4) is 0 Å². The van der Waals surface area contributed by atoms with Crippen LogP contribution in [0, 0.1) is 17.1 Å². The van der Waals surface area contributed by atoms with Gasteiger partial charge >= 0.3 is 0 Å². The van der Waals surface area contributed by atoms with Crippen LogP contribution >= 0.6 is 15.9 Å². The summed E-state index contributed by atoms with van der Waals surface area (Å²) in [6, 6.07) is 15.3. The van der Waals surface area contributed by atoms with Gasteiger partial charge in [0.2, 0.25) is 0 Å². The molecule has 0 bridgehead atoms.